The minimum atomic E-state index is -1.29. The zero-order chi connectivity index (χ0) is 13.6. The van der Waals surface area contributed by atoms with E-state index in [2.05, 4.69) is 0 Å². The van der Waals surface area contributed by atoms with Gasteiger partial charge in [0.1, 0.15) is 5.60 Å². The van der Waals surface area contributed by atoms with Crippen molar-refractivity contribution in [2.75, 3.05) is 0 Å². The molecule has 2 aliphatic rings. The zero-order valence-electron chi connectivity index (χ0n) is 11.4. The Kier molecular flexibility index (Phi) is 3.16. The molecule has 1 N–H and O–H groups in total. The normalized spacial score (nSPS) is 35.3. The lowest BCUT2D eigenvalue weighted by atomic mass is 9.69. The molecule has 0 aliphatic heterocycles. The van der Waals surface area contributed by atoms with Crippen LogP contribution in [0, 0.1) is 17.3 Å². The van der Waals surface area contributed by atoms with Gasteiger partial charge in [-0.2, -0.15) is 0 Å². The summed E-state index contributed by atoms with van der Waals surface area (Å²) in [6.07, 6.45) is 4.10. The Labute approximate surface area is 108 Å². The molecule has 0 saturated heterocycles. The third kappa shape index (κ3) is 2.38. The van der Waals surface area contributed by atoms with E-state index in [1.807, 2.05) is 0 Å². The summed E-state index contributed by atoms with van der Waals surface area (Å²) in [7, 11) is 0. The summed E-state index contributed by atoms with van der Waals surface area (Å²) in [5, 5.41) is 9.52. The van der Waals surface area contributed by atoms with Gasteiger partial charge in [0, 0.05) is 0 Å². The first-order valence-corrected chi connectivity index (χ1v) is 6.70. The quantitative estimate of drug-likeness (QED) is 0.607. The lowest BCUT2D eigenvalue weighted by Gasteiger charge is -2.36. The Morgan fingerprint density at radius 1 is 1.17 bits per heavy atom. The molecule has 2 rings (SSSR count). The molecular weight excluding hydrogens is 232 g/mol. The first kappa shape index (κ1) is 13.4. The fraction of sp³-hybridized carbons (Fsp3) is 0.857. The first-order valence-electron chi connectivity index (χ1n) is 6.70. The highest BCUT2D eigenvalue weighted by molar-refractivity contribution is 5.99. The maximum Gasteiger partial charge on any atom is 0.324 e. The number of carboxylic acid groups (broad SMARTS) is 1. The highest BCUT2D eigenvalue weighted by Crippen LogP contribution is 2.51. The van der Waals surface area contributed by atoms with Crippen LogP contribution in [0.2, 0.25) is 0 Å². The molecule has 4 heteroatoms. The van der Waals surface area contributed by atoms with Crippen LogP contribution in [0.3, 0.4) is 0 Å². The van der Waals surface area contributed by atoms with Crippen molar-refractivity contribution in [3.8, 4) is 0 Å². The molecule has 18 heavy (non-hydrogen) atoms. The van der Waals surface area contributed by atoms with E-state index in [1.54, 1.807) is 20.8 Å². The maximum atomic E-state index is 12.3. The number of hydrogen-bond acceptors (Lipinski definition) is 3. The van der Waals surface area contributed by atoms with Crippen LogP contribution < -0.4 is 0 Å². The number of carbonyl (C=O) groups is 2. The number of carbonyl (C=O) groups excluding carboxylic acids is 1. The lowest BCUT2D eigenvalue weighted by Crippen LogP contribution is -2.47. The molecule has 0 heterocycles. The van der Waals surface area contributed by atoms with Crippen molar-refractivity contribution in [2.24, 2.45) is 17.3 Å². The summed E-state index contributed by atoms with van der Waals surface area (Å²) >= 11 is 0. The highest BCUT2D eigenvalue weighted by atomic mass is 16.6. The van der Waals surface area contributed by atoms with Crippen molar-refractivity contribution in [1.29, 1.82) is 0 Å². The van der Waals surface area contributed by atoms with Gasteiger partial charge >= 0.3 is 11.9 Å². The van der Waals surface area contributed by atoms with Crippen LogP contribution in [0.4, 0.5) is 0 Å². The molecule has 0 aromatic carbocycles. The summed E-state index contributed by atoms with van der Waals surface area (Å²) in [4.78, 5) is 23.9. The Bertz CT molecular complexity index is 354. The van der Waals surface area contributed by atoms with Crippen molar-refractivity contribution in [1.82, 2.24) is 0 Å². The fourth-order valence-electron chi connectivity index (χ4n) is 3.42. The van der Waals surface area contributed by atoms with Gasteiger partial charge in [-0.15, -0.1) is 0 Å². The predicted molar refractivity (Wildman–Crippen MR) is 66.0 cm³/mol. The number of esters is 1. The second-order valence-electron chi connectivity index (χ2n) is 6.84. The average molecular weight is 254 g/mol. The summed E-state index contributed by atoms with van der Waals surface area (Å²) in [6.45, 7) is 5.33. The van der Waals surface area contributed by atoms with Crippen molar-refractivity contribution in [3.63, 3.8) is 0 Å². The molecule has 2 fully saturated rings. The van der Waals surface area contributed by atoms with E-state index >= 15 is 0 Å². The largest absolute Gasteiger partial charge is 0.480 e. The average Bonchev–Trinajstić information content (AvgIpc) is 2.55. The van der Waals surface area contributed by atoms with E-state index in [1.165, 1.54) is 0 Å². The summed E-state index contributed by atoms with van der Waals surface area (Å²) in [6, 6.07) is 0. The lowest BCUT2D eigenvalue weighted by molar-refractivity contribution is -0.181. The van der Waals surface area contributed by atoms with Crippen molar-refractivity contribution >= 4 is 11.9 Å². The molecule has 0 aromatic heterocycles. The number of ether oxygens (including phenoxy) is 1. The standard InChI is InChI=1S/C14H22O4/c1-13(2,3)18-12(17)14(11(15)16)7-9-4-5-10(6-9)8-14/h9-10H,4-8H2,1-3H3,(H,15,16). The van der Waals surface area contributed by atoms with Gasteiger partial charge in [-0.3, -0.25) is 9.59 Å². The zero-order valence-corrected chi connectivity index (χ0v) is 11.4. The predicted octanol–water partition coefficient (Wildman–Crippen LogP) is 2.61. The number of aliphatic carboxylic acids is 1. The van der Waals surface area contributed by atoms with Crippen LogP contribution in [-0.2, 0) is 14.3 Å². The third-order valence-corrected chi connectivity index (χ3v) is 4.12. The molecule has 2 unspecified atom stereocenters. The molecular formula is C14H22O4. The Morgan fingerprint density at radius 2 is 1.67 bits per heavy atom. The Morgan fingerprint density at radius 3 is 2.06 bits per heavy atom. The molecule has 0 radical (unpaired) electrons. The van der Waals surface area contributed by atoms with E-state index < -0.39 is 23.0 Å². The molecule has 2 aliphatic carbocycles. The van der Waals surface area contributed by atoms with Crippen molar-refractivity contribution < 1.29 is 19.4 Å². The molecule has 0 aromatic rings. The van der Waals surface area contributed by atoms with E-state index in [9.17, 15) is 14.7 Å². The van der Waals surface area contributed by atoms with Gasteiger partial charge in [0.15, 0.2) is 5.41 Å². The van der Waals surface area contributed by atoms with Gasteiger partial charge in [0.05, 0.1) is 0 Å². The molecule has 0 amide bonds. The van der Waals surface area contributed by atoms with Crippen molar-refractivity contribution in [3.05, 3.63) is 0 Å². The highest BCUT2D eigenvalue weighted by Gasteiger charge is 2.55. The Balaban J connectivity index is 2.22. The van der Waals surface area contributed by atoms with Gasteiger partial charge in [-0.05, 0) is 51.9 Å². The van der Waals surface area contributed by atoms with Gasteiger partial charge < -0.3 is 9.84 Å². The van der Waals surface area contributed by atoms with E-state index in [-0.39, 0.29) is 0 Å². The summed E-state index contributed by atoms with van der Waals surface area (Å²) in [5.74, 6) is -0.785. The molecule has 2 bridgehead atoms. The number of rotatable bonds is 2. The van der Waals surface area contributed by atoms with Crippen LogP contribution >= 0.6 is 0 Å². The number of carboxylic acids is 1. The smallest absolute Gasteiger partial charge is 0.324 e. The van der Waals surface area contributed by atoms with Crippen LogP contribution in [0.15, 0.2) is 0 Å². The SMILES string of the molecule is CC(C)(C)OC(=O)C1(C(=O)O)CC2CCC(C2)C1. The second-order valence-corrected chi connectivity index (χ2v) is 6.84. The minimum Gasteiger partial charge on any atom is -0.480 e. The van der Waals surface area contributed by atoms with E-state index in [4.69, 9.17) is 4.74 Å². The van der Waals surface area contributed by atoms with Crippen LogP contribution in [0.5, 0.6) is 0 Å². The summed E-state index contributed by atoms with van der Waals surface area (Å²) in [5.41, 5.74) is -1.92. The van der Waals surface area contributed by atoms with E-state index in [0.717, 1.165) is 19.3 Å². The summed E-state index contributed by atoms with van der Waals surface area (Å²) < 4.78 is 5.35. The molecule has 0 spiro atoms. The monoisotopic (exact) mass is 254 g/mol. The molecule has 4 nitrogen and oxygen atoms in total. The topological polar surface area (TPSA) is 63.6 Å². The third-order valence-electron chi connectivity index (χ3n) is 4.12. The van der Waals surface area contributed by atoms with Gasteiger partial charge in [0.25, 0.3) is 0 Å². The van der Waals surface area contributed by atoms with Gasteiger partial charge in [0.2, 0.25) is 0 Å². The molecule has 2 atom stereocenters. The number of hydrogen-bond donors (Lipinski definition) is 1. The number of fused-ring (bicyclic) bond motifs is 2. The maximum absolute atomic E-state index is 12.3. The second kappa shape index (κ2) is 4.25. The minimum absolute atomic E-state index is 0.382. The van der Waals surface area contributed by atoms with Gasteiger partial charge in [-0.25, -0.2) is 0 Å². The first-order chi connectivity index (χ1) is 8.23. The molecule has 102 valence electrons. The van der Waals surface area contributed by atoms with Gasteiger partial charge in [-0.1, -0.05) is 12.8 Å². The van der Waals surface area contributed by atoms with Crippen LogP contribution in [0.1, 0.15) is 52.9 Å². The van der Waals surface area contributed by atoms with Crippen LogP contribution in [-0.4, -0.2) is 22.6 Å². The molecule has 2 saturated carbocycles. The van der Waals surface area contributed by atoms with Crippen molar-refractivity contribution in [2.45, 2.75) is 58.5 Å². The fourth-order valence-corrected chi connectivity index (χ4v) is 3.42. The van der Waals surface area contributed by atoms with Crippen LogP contribution in [0.25, 0.3) is 0 Å². The Hall–Kier alpha value is -1.06. The van der Waals surface area contributed by atoms with E-state index in [0.29, 0.717) is 24.7 Å².